The monoisotopic (exact) mass is 265 g/mol. The second-order valence-electron chi connectivity index (χ2n) is 5.04. The number of hydrogen-bond donors (Lipinski definition) is 1. The van der Waals surface area contributed by atoms with Gasteiger partial charge in [0.05, 0.1) is 13.7 Å². The Hall–Kier alpha value is -1.06. The van der Waals surface area contributed by atoms with Crippen molar-refractivity contribution >= 4 is 0 Å². The predicted molar refractivity (Wildman–Crippen MR) is 79.8 cm³/mol. The molecular formula is C16H27NO2. The number of hydrogen-bond acceptors (Lipinski definition) is 3. The Morgan fingerprint density at radius 3 is 2.53 bits per heavy atom. The lowest BCUT2D eigenvalue weighted by atomic mass is 10.0. The average Bonchev–Trinajstić information content (AvgIpc) is 2.44. The Bertz CT molecular complexity index is 324. The third-order valence-electron chi connectivity index (χ3n) is 3.30. The summed E-state index contributed by atoms with van der Waals surface area (Å²) < 4.78 is 10.2. The van der Waals surface area contributed by atoms with Crippen LogP contribution in [0, 0.1) is 5.92 Å². The molecule has 0 aromatic heterocycles. The van der Waals surface area contributed by atoms with Gasteiger partial charge in [0, 0.05) is 13.7 Å². The van der Waals surface area contributed by atoms with Crippen LogP contribution < -0.4 is 10.1 Å². The molecule has 3 heteroatoms. The molecular weight excluding hydrogens is 238 g/mol. The van der Waals surface area contributed by atoms with E-state index in [1.54, 1.807) is 14.2 Å². The molecule has 0 aliphatic heterocycles. The van der Waals surface area contributed by atoms with E-state index in [1.807, 2.05) is 12.1 Å². The molecule has 1 N–H and O–H groups in total. The van der Waals surface area contributed by atoms with Crippen LogP contribution in [-0.2, 0) is 11.2 Å². The van der Waals surface area contributed by atoms with Crippen molar-refractivity contribution in [2.45, 2.75) is 26.2 Å². The number of rotatable bonds is 10. The van der Waals surface area contributed by atoms with E-state index in [4.69, 9.17) is 9.47 Å². The predicted octanol–water partition coefficient (Wildman–Crippen LogP) is 2.89. The van der Waals surface area contributed by atoms with E-state index in [1.165, 1.54) is 18.4 Å². The van der Waals surface area contributed by atoms with Crippen LogP contribution in [0.1, 0.15) is 25.3 Å². The summed E-state index contributed by atoms with van der Waals surface area (Å²) in [6, 6.07) is 8.37. The van der Waals surface area contributed by atoms with Crippen molar-refractivity contribution in [3.8, 4) is 5.75 Å². The SMILES string of the molecule is COCCNCC(C)CCCc1ccc(OC)cc1. The van der Waals surface area contributed by atoms with Gasteiger partial charge in [0.25, 0.3) is 0 Å². The van der Waals surface area contributed by atoms with E-state index in [0.717, 1.165) is 37.8 Å². The molecule has 0 fully saturated rings. The standard InChI is InChI=1S/C16H27NO2/c1-14(13-17-11-12-18-2)5-4-6-15-7-9-16(19-3)10-8-15/h7-10,14,17H,4-6,11-13H2,1-3H3. The third-order valence-corrected chi connectivity index (χ3v) is 3.30. The van der Waals surface area contributed by atoms with Gasteiger partial charge in [0.2, 0.25) is 0 Å². The van der Waals surface area contributed by atoms with E-state index < -0.39 is 0 Å². The zero-order valence-electron chi connectivity index (χ0n) is 12.4. The maximum atomic E-state index is 5.16. The summed E-state index contributed by atoms with van der Waals surface area (Å²) in [6.45, 7) is 5.11. The summed E-state index contributed by atoms with van der Waals surface area (Å²) in [5.74, 6) is 1.65. The van der Waals surface area contributed by atoms with Crippen molar-refractivity contribution in [1.82, 2.24) is 5.32 Å². The summed E-state index contributed by atoms with van der Waals surface area (Å²) in [7, 11) is 3.44. The summed E-state index contributed by atoms with van der Waals surface area (Å²) >= 11 is 0. The molecule has 19 heavy (non-hydrogen) atoms. The van der Waals surface area contributed by atoms with Crippen molar-refractivity contribution in [2.24, 2.45) is 5.92 Å². The minimum absolute atomic E-state index is 0.718. The van der Waals surface area contributed by atoms with Gasteiger partial charge in [-0.25, -0.2) is 0 Å². The highest BCUT2D eigenvalue weighted by Crippen LogP contribution is 2.14. The minimum Gasteiger partial charge on any atom is -0.497 e. The molecule has 1 unspecified atom stereocenters. The van der Waals surface area contributed by atoms with Gasteiger partial charge in [-0.2, -0.15) is 0 Å². The second-order valence-corrected chi connectivity index (χ2v) is 5.04. The fraction of sp³-hybridized carbons (Fsp3) is 0.625. The van der Waals surface area contributed by atoms with Gasteiger partial charge < -0.3 is 14.8 Å². The normalized spacial score (nSPS) is 12.4. The lowest BCUT2D eigenvalue weighted by molar-refractivity contribution is 0.198. The second kappa shape index (κ2) is 9.82. The number of ether oxygens (including phenoxy) is 2. The molecule has 0 spiro atoms. The molecule has 0 radical (unpaired) electrons. The van der Waals surface area contributed by atoms with Crippen LogP contribution in [0.15, 0.2) is 24.3 Å². The zero-order valence-corrected chi connectivity index (χ0v) is 12.4. The quantitative estimate of drug-likeness (QED) is 0.660. The first-order valence-corrected chi connectivity index (χ1v) is 7.09. The molecule has 0 bridgehead atoms. The van der Waals surface area contributed by atoms with Crippen molar-refractivity contribution in [3.63, 3.8) is 0 Å². The van der Waals surface area contributed by atoms with Crippen LogP contribution in [0.2, 0.25) is 0 Å². The fourth-order valence-corrected chi connectivity index (χ4v) is 2.07. The topological polar surface area (TPSA) is 30.5 Å². The van der Waals surface area contributed by atoms with Crippen LogP contribution in [0.3, 0.4) is 0 Å². The van der Waals surface area contributed by atoms with Gasteiger partial charge in [0.15, 0.2) is 0 Å². The van der Waals surface area contributed by atoms with Crippen molar-refractivity contribution < 1.29 is 9.47 Å². The number of benzene rings is 1. The van der Waals surface area contributed by atoms with Gasteiger partial charge in [-0.05, 0) is 49.4 Å². The first-order chi connectivity index (χ1) is 9.26. The van der Waals surface area contributed by atoms with Crippen molar-refractivity contribution in [3.05, 3.63) is 29.8 Å². The first-order valence-electron chi connectivity index (χ1n) is 7.09. The molecule has 108 valence electrons. The van der Waals surface area contributed by atoms with Crippen LogP contribution in [0.5, 0.6) is 5.75 Å². The Morgan fingerprint density at radius 2 is 1.89 bits per heavy atom. The largest absolute Gasteiger partial charge is 0.497 e. The van der Waals surface area contributed by atoms with Crippen LogP contribution >= 0.6 is 0 Å². The van der Waals surface area contributed by atoms with Crippen molar-refractivity contribution in [2.75, 3.05) is 33.9 Å². The van der Waals surface area contributed by atoms with Crippen LogP contribution in [0.4, 0.5) is 0 Å². The number of aryl methyl sites for hydroxylation is 1. The summed E-state index contributed by atoms with van der Waals surface area (Å²) in [5, 5.41) is 3.41. The maximum absolute atomic E-state index is 5.16. The van der Waals surface area contributed by atoms with E-state index in [2.05, 4.69) is 24.4 Å². The fourth-order valence-electron chi connectivity index (χ4n) is 2.07. The smallest absolute Gasteiger partial charge is 0.118 e. The van der Waals surface area contributed by atoms with Gasteiger partial charge in [0.1, 0.15) is 5.75 Å². The first kappa shape index (κ1) is 16.0. The van der Waals surface area contributed by atoms with E-state index in [9.17, 15) is 0 Å². The highest BCUT2D eigenvalue weighted by molar-refractivity contribution is 5.27. The Morgan fingerprint density at radius 1 is 1.16 bits per heavy atom. The molecule has 0 amide bonds. The van der Waals surface area contributed by atoms with Gasteiger partial charge in [-0.15, -0.1) is 0 Å². The molecule has 0 saturated heterocycles. The molecule has 1 rings (SSSR count). The molecule has 0 saturated carbocycles. The molecule has 0 heterocycles. The summed E-state index contributed by atoms with van der Waals surface area (Å²) in [4.78, 5) is 0. The third kappa shape index (κ3) is 7.19. The zero-order chi connectivity index (χ0) is 13.9. The molecule has 1 aromatic carbocycles. The van der Waals surface area contributed by atoms with E-state index >= 15 is 0 Å². The van der Waals surface area contributed by atoms with Crippen molar-refractivity contribution in [1.29, 1.82) is 0 Å². The molecule has 1 atom stereocenters. The summed E-state index contributed by atoms with van der Waals surface area (Å²) in [5.41, 5.74) is 1.39. The number of methoxy groups -OCH3 is 2. The average molecular weight is 265 g/mol. The Balaban J connectivity index is 2.11. The highest BCUT2D eigenvalue weighted by Gasteiger charge is 2.02. The van der Waals surface area contributed by atoms with Gasteiger partial charge in [-0.1, -0.05) is 19.1 Å². The van der Waals surface area contributed by atoms with Gasteiger partial charge in [-0.3, -0.25) is 0 Å². The maximum Gasteiger partial charge on any atom is 0.118 e. The summed E-state index contributed by atoms with van der Waals surface area (Å²) in [6.07, 6.45) is 3.64. The van der Waals surface area contributed by atoms with Crippen LogP contribution in [0.25, 0.3) is 0 Å². The molecule has 1 aromatic rings. The Labute approximate surface area is 117 Å². The van der Waals surface area contributed by atoms with E-state index in [0.29, 0.717) is 0 Å². The minimum atomic E-state index is 0.718. The molecule has 0 aliphatic carbocycles. The lowest BCUT2D eigenvalue weighted by Gasteiger charge is -2.12. The lowest BCUT2D eigenvalue weighted by Crippen LogP contribution is -2.24. The van der Waals surface area contributed by atoms with Gasteiger partial charge >= 0.3 is 0 Å². The highest BCUT2D eigenvalue weighted by atomic mass is 16.5. The van der Waals surface area contributed by atoms with Crippen LogP contribution in [-0.4, -0.2) is 33.9 Å². The number of nitrogens with one attached hydrogen (secondary N) is 1. The van der Waals surface area contributed by atoms with E-state index in [-0.39, 0.29) is 0 Å². The molecule has 0 aliphatic rings. The molecule has 3 nitrogen and oxygen atoms in total. The Kier molecular flexibility index (Phi) is 8.26.